The molecule has 0 bridgehead atoms. The number of methoxy groups -OCH3 is 1. The summed E-state index contributed by atoms with van der Waals surface area (Å²) in [6.45, 7) is 5.01. The van der Waals surface area contributed by atoms with E-state index in [2.05, 4.69) is 15.6 Å². The first-order valence-corrected chi connectivity index (χ1v) is 11.4. The number of likely N-dealkylation sites (tertiary alicyclic amines) is 1. The van der Waals surface area contributed by atoms with Crippen molar-refractivity contribution in [1.29, 1.82) is 0 Å². The summed E-state index contributed by atoms with van der Waals surface area (Å²) in [6, 6.07) is 4.12. The van der Waals surface area contributed by atoms with Crippen LogP contribution >= 0.6 is 0 Å². The van der Waals surface area contributed by atoms with Gasteiger partial charge in [0.1, 0.15) is 5.82 Å². The van der Waals surface area contributed by atoms with Crippen molar-refractivity contribution in [3.63, 3.8) is 0 Å². The number of carbonyl (C=O) groups excluding carboxylic acids is 3. The van der Waals surface area contributed by atoms with Crippen LogP contribution in [-0.4, -0.2) is 60.5 Å². The Morgan fingerprint density at radius 3 is 2.68 bits per heavy atom. The van der Waals surface area contributed by atoms with E-state index < -0.39 is 11.9 Å². The van der Waals surface area contributed by atoms with Gasteiger partial charge in [0.25, 0.3) is 17.7 Å². The van der Waals surface area contributed by atoms with Crippen molar-refractivity contribution >= 4 is 35.1 Å². The average molecular weight is 469 g/mol. The zero-order valence-corrected chi connectivity index (χ0v) is 19.6. The molecule has 0 saturated carbocycles. The van der Waals surface area contributed by atoms with Crippen molar-refractivity contribution in [1.82, 2.24) is 15.2 Å². The number of rotatable bonds is 6. The summed E-state index contributed by atoms with van der Waals surface area (Å²) >= 11 is 0. The highest BCUT2D eigenvalue weighted by atomic mass is 19.1. The molecule has 9 heteroatoms. The number of carbonyl (C=O) groups is 3. The van der Waals surface area contributed by atoms with Gasteiger partial charge in [-0.3, -0.25) is 14.4 Å². The molecule has 2 aliphatic heterocycles. The standard InChI is InChI=1S/C25H29FN4O4/c1-14-20(12-18-17-11-16(26)7-8-19(17)29-23(18)31)28-15(2)22(14)24(32)27-13-21(34-3)25(33)30-9-5-4-6-10-30/h7-8,11-12,21,28H,4-6,9-10,13H2,1-3H3,(H,27,32)(H,29,31)/b18-12-. The fourth-order valence-corrected chi connectivity index (χ4v) is 4.57. The zero-order chi connectivity index (χ0) is 24.4. The molecule has 1 unspecified atom stereocenters. The number of aromatic amines is 1. The lowest BCUT2D eigenvalue weighted by Crippen LogP contribution is -2.47. The molecule has 34 heavy (non-hydrogen) atoms. The van der Waals surface area contributed by atoms with Crippen LogP contribution in [0.25, 0.3) is 11.6 Å². The third-order valence-electron chi connectivity index (χ3n) is 6.43. The smallest absolute Gasteiger partial charge is 0.256 e. The maximum absolute atomic E-state index is 13.7. The fraction of sp³-hybridized carbons (Fsp3) is 0.400. The van der Waals surface area contributed by atoms with Crippen LogP contribution in [0.15, 0.2) is 18.2 Å². The summed E-state index contributed by atoms with van der Waals surface area (Å²) < 4.78 is 19.1. The molecule has 4 rings (SSSR count). The van der Waals surface area contributed by atoms with Crippen molar-refractivity contribution < 1.29 is 23.5 Å². The number of aromatic nitrogens is 1. The Kier molecular flexibility index (Phi) is 6.83. The quantitative estimate of drug-likeness (QED) is 0.567. The first-order chi connectivity index (χ1) is 16.3. The number of fused-ring (bicyclic) bond motifs is 1. The SMILES string of the molecule is COC(CNC(=O)c1c(C)[nH]c(/C=C2\C(=O)Nc3ccc(F)cc32)c1C)C(=O)N1CCCCC1. The van der Waals surface area contributed by atoms with Gasteiger partial charge >= 0.3 is 0 Å². The summed E-state index contributed by atoms with van der Waals surface area (Å²) in [5.74, 6) is -1.23. The average Bonchev–Trinajstić information content (AvgIpc) is 3.29. The molecular formula is C25H29FN4O4. The molecule has 1 fully saturated rings. The van der Waals surface area contributed by atoms with E-state index >= 15 is 0 Å². The summed E-state index contributed by atoms with van der Waals surface area (Å²) in [7, 11) is 1.46. The van der Waals surface area contributed by atoms with Gasteiger partial charge in [-0.25, -0.2) is 4.39 Å². The number of ether oxygens (including phenoxy) is 1. The third kappa shape index (κ3) is 4.61. The van der Waals surface area contributed by atoms with E-state index in [9.17, 15) is 18.8 Å². The number of H-pyrrole nitrogens is 1. The van der Waals surface area contributed by atoms with E-state index in [4.69, 9.17) is 4.74 Å². The minimum atomic E-state index is -0.753. The van der Waals surface area contributed by atoms with E-state index in [-0.39, 0.29) is 24.3 Å². The van der Waals surface area contributed by atoms with Gasteiger partial charge in [0.05, 0.1) is 17.7 Å². The molecule has 1 atom stereocenters. The highest BCUT2D eigenvalue weighted by Gasteiger charge is 2.28. The molecule has 8 nitrogen and oxygen atoms in total. The molecular weight excluding hydrogens is 439 g/mol. The highest BCUT2D eigenvalue weighted by Crippen LogP contribution is 2.34. The van der Waals surface area contributed by atoms with Crippen LogP contribution in [0.3, 0.4) is 0 Å². The van der Waals surface area contributed by atoms with Crippen LogP contribution in [0, 0.1) is 19.7 Å². The Hall–Kier alpha value is -3.46. The van der Waals surface area contributed by atoms with Crippen molar-refractivity contribution in [3.8, 4) is 0 Å². The number of aryl methyl sites for hydroxylation is 1. The molecule has 3 N–H and O–H groups in total. The first kappa shape index (κ1) is 23.7. The second-order valence-corrected chi connectivity index (χ2v) is 8.69. The minimum Gasteiger partial charge on any atom is -0.370 e. The summed E-state index contributed by atoms with van der Waals surface area (Å²) in [4.78, 5) is 43.1. The molecule has 3 amide bonds. The number of hydrogen-bond donors (Lipinski definition) is 3. The van der Waals surface area contributed by atoms with E-state index in [0.717, 1.165) is 19.3 Å². The van der Waals surface area contributed by atoms with Crippen LogP contribution in [-0.2, 0) is 14.3 Å². The second-order valence-electron chi connectivity index (χ2n) is 8.69. The number of piperidine rings is 1. The molecule has 1 aromatic carbocycles. The number of benzene rings is 1. The molecule has 1 aromatic heterocycles. The fourth-order valence-electron chi connectivity index (χ4n) is 4.57. The molecule has 2 aromatic rings. The predicted octanol–water partition coefficient (Wildman–Crippen LogP) is 3.02. The number of amides is 3. The van der Waals surface area contributed by atoms with Crippen LogP contribution in [0.4, 0.5) is 10.1 Å². The first-order valence-electron chi connectivity index (χ1n) is 11.4. The molecule has 0 spiro atoms. The molecule has 180 valence electrons. The van der Waals surface area contributed by atoms with E-state index in [1.54, 1.807) is 24.8 Å². The van der Waals surface area contributed by atoms with Crippen molar-refractivity contribution in [3.05, 3.63) is 52.1 Å². The van der Waals surface area contributed by atoms with Crippen LogP contribution in [0.5, 0.6) is 0 Å². The van der Waals surface area contributed by atoms with Gasteiger partial charge in [-0.05, 0) is 62.9 Å². The number of nitrogens with one attached hydrogen (secondary N) is 3. The van der Waals surface area contributed by atoms with Gasteiger partial charge in [0, 0.05) is 42.8 Å². The Morgan fingerprint density at radius 1 is 1.24 bits per heavy atom. The van der Waals surface area contributed by atoms with Gasteiger partial charge < -0.3 is 25.3 Å². The molecule has 0 aliphatic carbocycles. The van der Waals surface area contributed by atoms with E-state index in [1.807, 2.05) is 0 Å². The van der Waals surface area contributed by atoms with Gasteiger partial charge in [-0.2, -0.15) is 0 Å². The van der Waals surface area contributed by atoms with Crippen molar-refractivity contribution in [2.45, 2.75) is 39.2 Å². The number of halogens is 1. The van der Waals surface area contributed by atoms with Crippen LogP contribution in [0.1, 0.15) is 52.1 Å². The van der Waals surface area contributed by atoms with E-state index in [1.165, 1.54) is 25.3 Å². The largest absolute Gasteiger partial charge is 0.370 e. The Morgan fingerprint density at radius 2 is 1.97 bits per heavy atom. The number of anilines is 1. The van der Waals surface area contributed by atoms with Gasteiger partial charge in [-0.1, -0.05) is 0 Å². The number of hydrogen-bond acceptors (Lipinski definition) is 4. The molecule has 1 saturated heterocycles. The maximum Gasteiger partial charge on any atom is 0.256 e. The maximum atomic E-state index is 13.7. The number of nitrogens with zero attached hydrogens (tertiary/aromatic N) is 1. The van der Waals surface area contributed by atoms with E-state index in [0.29, 0.717) is 52.4 Å². The molecule has 2 aliphatic rings. The lowest BCUT2D eigenvalue weighted by Gasteiger charge is -2.29. The topological polar surface area (TPSA) is 104 Å². The summed E-state index contributed by atoms with van der Waals surface area (Å²) in [5, 5.41) is 5.53. The molecule has 0 radical (unpaired) electrons. The monoisotopic (exact) mass is 468 g/mol. The van der Waals surface area contributed by atoms with Gasteiger partial charge in [-0.15, -0.1) is 0 Å². The minimum absolute atomic E-state index is 0.0558. The Balaban J connectivity index is 1.51. The normalized spacial score (nSPS) is 17.5. The van der Waals surface area contributed by atoms with Crippen molar-refractivity contribution in [2.24, 2.45) is 0 Å². The second kappa shape index (κ2) is 9.80. The Bertz CT molecular complexity index is 1160. The predicted molar refractivity (Wildman–Crippen MR) is 127 cm³/mol. The highest BCUT2D eigenvalue weighted by molar-refractivity contribution is 6.34. The van der Waals surface area contributed by atoms with Crippen LogP contribution < -0.4 is 10.6 Å². The van der Waals surface area contributed by atoms with Gasteiger partial charge in [0.15, 0.2) is 6.10 Å². The van der Waals surface area contributed by atoms with Crippen molar-refractivity contribution in [2.75, 3.05) is 32.1 Å². The summed E-state index contributed by atoms with van der Waals surface area (Å²) in [6.07, 6.45) is 3.94. The molecule has 3 heterocycles. The van der Waals surface area contributed by atoms with Gasteiger partial charge in [0.2, 0.25) is 0 Å². The third-order valence-corrected chi connectivity index (χ3v) is 6.43. The Labute approximate surface area is 197 Å². The summed E-state index contributed by atoms with van der Waals surface area (Å²) in [5.41, 5.74) is 3.62. The lowest BCUT2D eigenvalue weighted by molar-refractivity contribution is -0.142. The van der Waals surface area contributed by atoms with Crippen LogP contribution in [0.2, 0.25) is 0 Å². The lowest BCUT2D eigenvalue weighted by atomic mass is 10.0. The zero-order valence-electron chi connectivity index (χ0n) is 19.6.